The zero-order valence-electron chi connectivity index (χ0n) is 13.1. The van der Waals surface area contributed by atoms with Gasteiger partial charge in [-0.1, -0.05) is 17.4 Å². The third kappa shape index (κ3) is 3.61. The van der Waals surface area contributed by atoms with Crippen molar-refractivity contribution in [1.29, 1.82) is 0 Å². The predicted molar refractivity (Wildman–Crippen MR) is 91.0 cm³/mol. The van der Waals surface area contributed by atoms with Gasteiger partial charge in [0.2, 0.25) is 10.0 Å². The lowest BCUT2D eigenvalue weighted by Gasteiger charge is -2.15. The summed E-state index contributed by atoms with van der Waals surface area (Å²) in [7, 11) is -0.799. The second-order valence-electron chi connectivity index (χ2n) is 5.12. The number of carbonyl (C=O) groups is 1. The van der Waals surface area contributed by atoms with Crippen LogP contribution in [0.2, 0.25) is 0 Å². The molecule has 10 heteroatoms. The first-order valence-corrected chi connectivity index (χ1v) is 8.97. The van der Waals surface area contributed by atoms with Gasteiger partial charge in [0.15, 0.2) is 0 Å². The number of rotatable bonds is 5. The van der Waals surface area contributed by atoms with E-state index in [0.717, 1.165) is 15.6 Å². The van der Waals surface area contributed by atoms with Crippen molar-refractivity contribution >= 4 is 38.0 Å². The Kier molecular flexibility index (Phi) is 5.02. The summed E-state index contributed by atoms with van der Waals surface area (Å²) in [6.45, 7) is 1.66. The molecule has 0 radical (unpaired) electrons. The van der Waals surface area contributed by atoms with E-state index in [0.29, 0.717) is 11.3 Å². The number of amides is 1. The zero-order valence-corrected chi connectivity index (χ0v) is 14.8. The van der Waals surface area contributed by atoms with Crippen molar-refractivity contribution in [3.8, 4) is 0 Å². The average molecular weight is 369 g/mol. The minimum Gasteiger partial charge on any atom is -0.321 e. The van der Waals surface area contributed by atoms with E-state index in [-0.39, 0.29) is 14.8 Å². The Morgan fingerprint density at radius 3 is 2.46 bits per heavy atom. The van der Waals surface area contributed by atoms with Crippen LogP contribution >= 0.6 is 11.3 Å². The number of hydrogen-bond acceptors (Lipinski definition) is 6. The Morgan fingerprint density at radius 1 is 1.25 bits per heavy atom. The molecule has 0 aliphatic rings. The molecule has 2 aromatic rings. The molecule has 0 unspecified atom stereocenters. The number of hydrogen-bond donors (Lipinski definition) is 1. The number of anilines is 1. The molecule has 0 spiro atoms. The summed E-state index contributed by atoms with van der Waals surface area (Å²) in [5, 5.41) is 13.1. The van der Waals surface area contributed by atoms with Crippen molar-refractivity contribution in [3.05, 3.63) is 50.9 Å². The van der Waals surface area contributed by atoms with E-state index >= 15 is 0 Å². The van der Waals surface area contributed by atoms with Gasteiger partial charge in [0, 0.05) is 25.8 Å². The fourth-order valence-corrected chi connectivity index (χ4v) is 3.75. The standard InChI is InChI=1S/C14H15N3O5S2/c1-9-4-5-10(8-12(9)24(21,22)16(2)3)15-14(18)11-6-7-13(23-11)17(19)20/h4-8H,1-3H3,(H,15,18). The third-order valence-corrected chi connectivity index (χ3v) is 6.19. The van der Waals surface area contributed by atoms with E-state index in [1.54, 1.807) is 19.1 Å². The van der Waals surface area contributed by atoms with Crippen molar-refractivity contribution in [2.45, 2.75) is 11.8 Å². The maximum atomic E-state index is 12.3. The summed E-state index contributed by atoms with van der Waals surface area (Å²) in [5.74, 6) is -0.537. The molecule has 1 aromatic carbocycles. The number of aryl methyl sites for hydroxylation is 1. The molecule has 1 aromatic heterocycles. The molecule has 24 heavy (non-hydrogen) atoms. The average Bonchev–Trinajstić information content (AvgIpc) is 2.99. The zero-order chi connectivity index (χ0) is 18.1. The number of sulfonamides is 1. The Hall–Kier alpha value is -2.30. The van der Waals surface area contributed by atoms with Crippen LogP contribution in [-0.2, 0) is 10.0 Å². The Labute approximate surface area is 142 Å². The molecule has 1 N–H and O–H groups in total. The topological polar surface area (TPSA) is 110 Å². The third-order valence-electron chi connectivity index (χ3n) is 3.20. The highest BCUT2D eigenvalue weighted by atomic mass is 32.2. The first kappa shape index (κ1) is 18.0. The van der Waals surface area contributed by atoms with Gasteiger partial charge in [0.25, 0.3) is 5.91 Å². The highest BCUT2D eigenvalue weighted by molar-refractivity contribution is 7.89. The molecular weight excluding hydrogens is 354 g/mol. The Bertz CT molecular complexity index is 903. The highest BCUT2D eigenvalue weighted by Crippen LogP contribution is 2.26. The van der Waals surface area contributed by atoms with Crippen LogP contribution in [0.1, 0.15) is 15.2 Å². The van der Waals surface area contributed by atoms with Crippen LogP contribution in [-0.4, -0.2) is 37.6 Å². The van der Waals surface area contributed by atoms with Gasteiger partial charge in [-0.3, -0.25) is 14.9 Å². The van der Waals surface area contributed by atoms with E-state index in [1.807, 2.05) is 0 Å². The monoisotopic (exact) mass is 369 g/mol. The van der Waals surface area contributed by atoms with Gasteiger partial charge in [-0.15, -0.1) is 0 Å². The normalized spacial score (nSPS) is 11.5. The molecule has 0 atom stereocenters. The van der Waals surface area contributed by atoms with Gasteiger partial charge < -0.3 is 5.32 Å². The molecule has 1 amide bonds. The number of thiophene rings is 1. The van der Waals surface area contributed by atoms with Gasteiger partial charge >= 0.3 is 5.00 Å². The first-order chi connectivity index (χ1) is 11.1. The van der Waals surface area contributed by atoms with Crippen LogP contribution in [0.4, 0.5) is 10.7 Å². The SMILES string of the molecule is Cc1ccc(NC(=O)c2ccc([N+](=O)[O-])s2)cc1S(=O)(=O)N(C)C. The van der Waals surface area contributed by atoms with Crippen molar-refractivity contribution in [1.82, 2.24) is 4.31 Å². The van der Waals surface area contributed by atoms with Crippen LogP contribution in [0.25, 0.3) is 0 Å². The van der Waals surface area contributed by atoms with E-state index < -0.39 is 20.9 Å². The number of carbonyl (C=O) groups excluding carboxylic acids is 1. The highest BCUT2D eigenvalue weighted by Gasteiger charge is 2.21. The maximum absolute atomic E-state index is 12.3. The van der Waals surface area contributed by atoms with Crippen LogP contribution in [0.3, 0.4) is 0 Å². The quantitative estimate of drug-likeness (QED) is 0.643. The summed E-state index contributed by atoms with van der Waals surface area (Å²) in [4.78, 5) is 22.5. The maximum Gasteiger partial charge on any atom is 0.324 e. The van der Waals surface area contributed by atoms with E-state index in [2.05, 4.69) is 5.32 Å². The molecule has 1 heterocycles. The predicted octanol–water partition coefficient (Wildman–Crippen LogP) is 2.47. The summed E-state index contributed by atoms with van der Waals surface area (Å²) < 4.78 is 25.6. The molecule has 8 nitrogen and oxygen atoms in total. The van der Waals surface area contributed by atoms with Gasteiger partial charge in [-0.05, 0) is 30.7 Å². The number of nitrogens with zero attached hydrogens (tertiary/aromatic N) is 2. The van der Waals surface area contributed by atoms with Gasteiger partial charge in [0.05, 0.1) is 14.7 Å². The van der Waals surface area contributed by atoms with Gasteiger partial charge in [-0.25, -0.2) is 12.7 Å². The molecule has 0 bridgehead atoms. The van der Waals surface area contributed by atoms with Gasteiger partial charge in [-0.2, -0.15) is 0 Å². The van der Waals surface area contributed by atoms with E-state index in [1.165, 1.54) is 32.3 Å². The lowest BCUT2D eigenvalue weighted by atomic mass is 10.2. The minimum atomic E-state index is -3.64. The van der Waals surface area contributed by atoms with E-state index in [4.69, 9.17) is 0 Å². The molecule has 0 aliphatic carbocycles. The second kappa shape index (κ2) is 6.67. The molecule has 2 rings (SSSR count). The molecule has 0 saturated heterocycles. The summed E-state index contributed by atoms with van der Waals surface area (Å²) in [6.07, 6.45) is 0. The van der Waals surface area contributed by atoms with Crippen LogP contribution in [0.5, 0.6) is 0 Å². The number of nitro groups is 1. The molecular formula is C14H15N3O5S2. The Morgan fingerprint density at radius 2 is 1.92 bits per heavy atom. The summed E-state index contributed by atoms with van der Waals surface area (Å²) in [6, 6.07) is 7.12. The first-order valence-electron chi connectivity index (χ1n) is 6.71. The lowest BCUT2D eigenvalue weighted by molar-refractivity contribution is -0.380. The Balaban J connectivity index is 2.30. The summed E-state index contributed by atoms with van der Waals surface area (Å²) >= 11 is 0.749. The molecule has 0 fully saturated rings. The molecule has 0 saturated carbocycles. The van der Waals surface area contributed by atoms with Crippen molar-refractivity contribution in [2.75, 3.05) is 19.4 Å². The van der Waals surface area contributed by atoms with Crippen LogP contribution < -0.4 is 5.32 Å². The smallest absolute Gasteiger partial charge is 0.321 e. The minimum absolute atomic E-state index is 0.0856. The lowest BCUT2D eigenvalue weighted by Crippen LogP contribution is -2.23. The van der Waals surface area contributed by atoms with Crippen LogP contribution in [0, 0.1) is 17.0 Å². The fraction of sp³-hybridized carbons (Fsp3) is 0.214. The van der Waals surface area contributed by atoms with Crippen molar-refractivity contribution < 1.29 is 18.1 Å². The molecule has 128 valence electrons. The van der Waals surface area contributed by atoms with Crippen molar-refractivity contribution in [2.24, 2.45) is 0 Å². The summed E-state index contributed by atoms with van der Waals surface area (Å²) in [5.41, 5.74) is 0.843. The van der Waals surface area contributed by atoms with Gasteiger partial charge in [0.1, 0.15) is 0 Å². The number of benzene rings is 1. The van der Waals surface area contributed by atoms with E-state index in [9.17, 15) is 23.3 Å². The molecule has 0 aliphatic heterocycles. The van der Waals surface area contributed by atoms with Crippen LogP contribution in [0.15, 0.2) is 35.2 Å². The second-order valence-corrected chi connectivity index (χ2v) is 8.30. The fourth-order valence-electron chi connectivity index (χ4n) is 1.89. The van der Waals surface area contributed by atoms with Crippen molar-refractivity contribution in [3.63, 3.8) is 0 Å². The largest absolute Gasteiger partial charge is 0.324 e. The number of nitrogens with one attached hydrogen (secondary N) is 1.